The standard InChI is InChI=1S/C22H21F3N6O2/c23-22(24,25)7-3-8-26-11-15-5-6-18-28-16(14-30(18)13-15)12-27-21(33)17-10-20(32)31-9-2-1-4-19(31)29-17/h1-2,4-6,9-10,13-14,26H,3,7-8,11-12H2,(H,27,33). The molecule has 4 heterocycles. The second-order valence-electron chi connectivity index (χ2n) is 7.52. The topological polar surface area (TPSA) is 92.8 Å². The minimum absolute atomic E-state index is 0.0221. The highest BCUT2D eigenvalue weighted by molar-refractivity contribution is 5.92. The van der Waals surface area contributed by atoms with Crippen molar-refractivity contribution in [1.29, 1.82) is 0 Å². The maximum absolute atomic E-state index is 12.5. The minimum atomic E-state index is -4.14. The lowest BCUT2D eigenvalue weighted by Crippen LogP contribution is -2.27. The molecule has 0 fully saturated rings. The highest BCUT2D eigenvalue weighted by atomic mass is 19.4. The Morgan fingerprint density at radius 2 is 1.88 bits per heavy atom. The summed E-state index contributed by atoms with van der Waals surface area (Å²) in [6.07, 6.45) is 0.249. The molecule has 0 aliphatic heterocycles. The van der Waals surface area contributed by atoms with Gasteiger partial charge in [0.05, 0.1) is 12.2 Å². The van der Waals surface area contributed by atoms with Crippen molar-refractivity contribution in [3.63, 3.8) is 0 Å². The molecule has 0 unspecified atom stereocenters. The van der Waals surface area contributed by atoms with E-state index in [1.54, 1.807) is 41.1 Å². The van der Waals surface area contributed by atoms with Gasteiger partial charge in [-0.05, 0) is 36.7 Å². The van der Waals surface area contributed by atoms with Gasteiger partial charge in [-0.3, -0.25) is 14.0 Å². The first-order valence-electron chi connectivity index (χ1n) is 10.3. The number of pyridine rings is 2. The first-order chi connectivity index (χ1) is 15.8. The van der Waals surface area contributed by atoms with E-state index in [4.69, 9.17) is 0 Å². The van der Waals surface area contributed by atoms with Crippen molar-refractivity contribution in [1.82, 2.24) is 29.4 Å². The van der Waals surface area contributed by atoms with Crippen LogP contribution in [0, 0.1) is 0 Å². The van der Waals surface area contributed by atoms with Crippen LogP contribution in [-0.2, 0) is 13.1 Å². The number of carbonyl (C=O) groups excluding carboxylic acids is 1. The predicted molar refractivity (Wildman–Crippen MR) is 115 cm³/mol. The summed E-state index contributed by atoms with van der Waals surface area (Å²) in [7, 11) is 0. The lowest BCUT2D eigenvalue weighted by molar-refractivity contribution is -0.135. The quantitative estimate of drug-likeness (QED) is 0.396. The van der Waals surface area contributed by atoms with Gasteiger partial charge in [-0.25, -0.2) is 9.97 Å². The van der Waals surface area contributed by atoms with Crippen LogP contribution in [0.25, 0.3) is 11.3 Å². The van der Waals surface area contributed by atoms with Crippen LogP contribution in [0.5, 0.6) is 0 Å². The molecular formula is C22H21F3N6O2. The zero-order valence-corrected chi connectivity index (χ0v) is 17.5. The van der Waals surface area contributed by atoms with Crippen molar-refractivity contribution in [2.45, 2.75) is 32.1 Å². The van der Waals surface area contributed by atoms with E-state index >= 15 is 0 Å². The van der Waals surface area contributed by atoms with Crippen LogP contribution in [0.2, 0.25) is 0 Å². The maximum atomic E-state index is 12.5. The molecule has 4 aromatic heterocycles. The summed E-state index contributed by atoms with van der Waals surface area (Å²) in [5.41, 5.74) is 2.22. The van der Waals surface area contributed by atoms with Crippen molar-refractivity contribution < 1.29 is 18.0 Å². The zero-order chi connectivity index (χ0) is 23.4. The molecule has 4 aromatic rings. The minimum Gasteiger partial charge on any atom is -0.345 e. The first-order valence-corrected chi connectivity index (χ1v) is 10.3. The Balaban J connectivity index is 1.35. The fraction of sp³-hybridized carbons (Fsp3) is 0.273. The summed E-state index contributed by atoms with van der Waals surface area (Å²) in [4.78, 5) is 33.3. The van der Waals surface area contributed by atoms with Crippen LogP contribution >= 0.6 is 0 Å². The Morgan fingerprint density at radius 3 is 2.70 bits per heavy atom. The third-order valence-electron chi connectivity index (χ3n) is 4.94. The molecule has 0 aliphatic rings. The van der Waals surface area contributed by atoms with Crippen molar-refractivity contribution >= 4 is 17.2 Å². The average Bonchev–Trinajstić information content (AvgIpc) is 3.18. The summed E-state index contributed by atoms with van der Waals surface area (Å²) in [5.74, 6) is -0.487. The van der Waals surface area contributed by atoms with Gasteiger partial charge in [0.25, 0.3) is 11.5 Å². The van der Waals surface area contributed by atoms with Gasteiger partial charge in [0.2, 0.25) is 0 Å². The van der Waals surface area contributed by atoms with Crippen LogP contribution in [-0.4, -0.2) is 37.4 Å². The summed E-state index contributed by atoms with van der Waals surface area (Å²) >= 11 is 0. The fourth-order valence-electron chi connectivity index (χ4n) is 3.36. The molecule has 0 saturated heterocycles. The van der Waals surface area contributed by atoms with Gasteiger partial charge < -0.3 is 15.0 Å². The third-order valence-corrected chi connectivity index (χ3v) is 4.94. The summed E-state index contributed by atoms with van der Waals surface area (Å²) in [6, 6.07) is 9.89. The number of hydrogen-bond donors (Lipinski definition) is 2. The molecule has 0 atom stereocenters. The van der Waals surface area contributed by atoms with Gasteiger partial charge in [-0.15, -0.1) is 0 Å². The number of fused-ring (bicyclic) bond motifs is 2. The average molecular weight is 458 g/mol. The second kappa shape index (κ2) is 9.41. The zero-order valence-electron chi connectivity index (χ0n) is 17.5. The number of nitrogens with one attached hydrogen (secondary N) is 2. The molecular weight excluding hydrogens is 437 g/mol. The van der Waals surface area contributed by atoms with Crippen LogP contribution < -0.4 is 16.2 Å². The lowest BCUT2D eigenvalue weighted by Gasteiger charge is -2.07. The van der Waals surface area contributed by atoms with E-state index in [-0.39, 0.29) is 30.8 Å². The molecule has 0 aliphatic carbocycles. The second-order valence-corrected chi connectivity index (χ2v) is 7.52. The van der Waals surface area contributed by atoms with Gasteiger partial charge in [0.15, 0.2) is 0 Å². The largest absolute Gasteiger partial charge is 0.389 e. The van der Waals surface area contributed by atoms with Gasteiger partial charge >= 0.3 is 6.18 Å². The molecule has 2 N–H and O–H groups in total. The number of imidazole rings is 1. The number of halogens is 3. The molecule has 1 amide bonds. The Morgan fingerprint density at radius 1 is 1.03 bits per heavy atom. The molecule has 172 valence electrons. The van der Waals surface area contributed by atoms with E-state index in [0.29, 0.717) is 23.5 Å². The van der Waals surface area contributed by atoms with Crippen molar-refractivity contribution in [3.05, 3.63) is 82.3 Å². The highest BCUT2D eigenvalue weighted by Crippen LogP contribution is 2.20. The molecule has 8 nitrogen and oxygen atoms in total. The molecule has 0 spiro atoms. The Kier molecular flexibility index (Phi) is 6.40. The molecule has 0 bridgehead atoms. The molecule has 0 radical (unpaired) electrons. The van der Waals surface area contributed by atoms with E-state index in [1.165, 1.54) is 10.5 Å². The van der Waals surface area contributed by atoms with Crippen LogP contribution in [0.1, 0.15) is 34.6 Å². The smallest absolute Gasteiger partial charge is 0.345 e. The summed E-state index contributed by atoms with van der Waals surface area (Å²) < 4.78 is 39.7. The lowest BCUT2D eigenvalue weighted by atomic mass is 10.2. The van der Waals surface area contributed by atoms with Gasteiger partial charge in [-0.1, -0.05) is 12.1 Å². The van der Waals surface area contributed by atoms with Crippen molar-refractivity contribution in [3.8, 4) is 0 Å². The van der Waals surface area contributed by atoms with Crippen LogP contribution in [0.15, 0.2) is 59.8 Å². The third kappa shape index (κ3) is 5.75. The predicted octanol–water partition coefficient (Wildman–Crippen LogP) is 2.70. The van der Waals surface area contributed by atoms with Crippen LogP contribution in [0.4, 0.5) is 13.2 Å². The molecule has 4 rings (SSSR count). The number of nitrogens with zero attached hydrogens (tertiary/aromatic N) is 4. The van der Waals surface area contributed by atoms with Gasteiger partial charge in [0.1, 0.15) is 17.0 Å². The molecule has 0 aromatic carbocycles. The normalized spacial score (nSPS) is 11.8. The van der Waals surface area contributed by atoms with Crippen LogP contribution in [0.3, 0.4) is 0 Å². The molecule has 11 heteroatoms. The molecule has 0 saturated carbocycles. The Bertz CT molecular complexity index is 1350. The first kappa shape index (κ1) is 22.5. The van der Waals surface area contributed by atoms with E-state index in [9.17, 15) is 22.8 Å². The fourth-order valence-corrected chi connectivity index (χ4v) is 3.36. The number of carbonyl (C=O) groups is 1. The van der Waals surface area contributed by atoms with E-state index < -0.39 is 18.5 Å². The van der Waals surface area contributed by atoms with Gasteiger partial charge in [0, 0.05) is 37.6 Å². The van der Waals surface area contributed by atoms with E-state index in [0.717, 1.165) is 5.56 Å². The highest BCUT2D eigenvalue weighted by Gasteiger charge is 2.25. The Hall–Kier alpha value is -3.73. The van der Waals surface area contributed by atoms with E-state index in [1.807, 2.05) is 12.3 Å². The summed E-state index contributed by atoms with van der Waals surface area (Å²) in [5, 5.41) is 5.71. The monoisotopic (exact) mass is 458 g/mol. The SMILES string of the molecule is O=C(NCc1cn2cc(CNCCCC(F)(F)F)ccc2n1)c1cc(=O)n2ccccc2n1. The summed E-state index contributed by atoms with van der Waals surface area (Å²) in [6.45, 7) is 0.841. The van der Waals surface area contributed by atoms with Crippen molar-refractivity contribution in [2.24, 2.45) is 0 Å². The number of hydrogen-bond acceptors (Lipinski definition) is 5. The van der Waals surface area contributed by atoms with Gasteiger partial charge in [-0.2, -0.15) is 13.2 Å². The number of alkyl halides is 3. The Labute approximate surface area is 186 Å². The maximum Gasteiger partial charge on any atom is 0.389 e. The van der Waals surface area contributed by atoms with Crippen molar-refractivity contribution in [2.75, 3.05) is 6.54 Å². The van der Waals surface area contributed by atoms with E-state index in [2.05, 4.69) is 20.6 Å². The number of amides is 1. The number of rotatable bonds is 8. The molecule has 33 heavy (non-hydrogen) atoms. The number of aromatic nitrogens is 4.